The van der Waals surface area contributed by atoms with Crippen LogP contribution in [0.3, 0.4) is 0 Å². The van der Waals surface area contributed by atoms with Crippen molar-refractivity contribution in [1.82, 2.24) is 20.0 Å². The molecule has 0 radical (unpaired) electrons. The number of fused-ring (bicyclic) bond motifs is 1. The van der Waals surface area contributed by atoms with Gasteiger partial charge < -0.3 is 15.1 Å². The van der Waals surface area contributed by atoms with Crippen LogP contribution in [-0.2, 0) is 9.59 Å². The summed E-state index contributed by atoms with van der Waals surface area (Å²) in [5.74, 6) is 0.560. The van der Waals surface area contributed by atoms with Crippen LogP contribution in [-0.4, -0.2) is 77.4 Å². The van der Waals surface area contributed by atoms with Crippen LogP contribution in [0, 0.1) is 17.3 Å². The molecule has 7 nitrogen and oxygen atoms in total. The van der Waals surface area contributed by atoms with Crippen LogP contribution >= 0.6 is 0 Å². The highest BCUT2D eigenvalue weighted by atomic mass is 16.2. The summed E-state index contributed by atoms with van der Waals surface area (Å²) in [6.45, 7) is 8.91. The first kappa shape index (κ1) is 20.6. The lowest BCUT2D eigenvalue weighted by molar-refractivity contribution is -0.142. The van der Waals surface area contributed by atoms with Gasteiger partial charge >= 0.3 is 6.03 Å². The summed E-state index contributed by atoms with van der Waals surface area (Å²) >= 11 is 0. The number of amides is 4. The van der Waals surface area contributed by atoms with E-state index in [-0.39, 0.29) is 23.8 Å². The van der Waals surface area contributed by atoms with Crippen LogP contribution < -0.4 is 5.32 Å². The summed E-state index contributed by atoms with van der Waals surface area (Å²) in [4.78, 5) is 44.4. The van der Waals surface area contributed by atoms with Crippen LogP contribution in [0.4, 0.5) is 4.79 Å². The number of nitrogens with zero attached hydrogens (tertiary/aromatic N) is 3. The molecule has 4 amide bonds. The topological polar surface area (TPSA) is 73.0 Å². The first-order valence-electron chi connectivity index (χ1n) is 11.2. The van der Waals surface area contributed by atoms with Gasteiger partial charge in [-0.05, 0) is 69.4 Å². The lowest BCUT2D eigenvalue weighted by atomic mass is 9.64. The molecule has 7 heteroatoms. The number of likely N-dealkylation sites (tertiary alicyclic amines) is 2. The second-order valence-electron chi connectivity index (χ2n) is 10.8. The fourth-order valence-corrected chi connectivity index (χ4v) is 6.76. The van der Waals surface area contributed by atoms with Gasteiger partial charge in [0.2, 0.25) is 5.91 Å². The molecule has 0 unspecified atom stereocenters. The number of carbonyl (C=O) groups excluding carboxylic acids is 3. The largest absolute Gasteiger partial charge is 0.341 e. The predicted molar refractivity (Wildman–Crippen MR) is 110 cm³/mol. The van der Waals surface area contributed by atoms with Crippen LogP contribution in [0.25, 0.3) is 0 Å². The number of nitrogens with one attached hydrogen (secondary N) is 1. The maximum atomic E-state index is 13.3. The molecule has 0 aromatic carbocycles. The van der Waals surface area contributed by atoms with E-state index in [2.05, 4.69) is 38.0 Å². The van der Waals surface area contributed by atoms with Gasteiger partial charge in [0.25, 0.3) is 5.91 Å². The molecule has 0 aromatic heterocycles. The van der Waals surface area contributed by atoms with Crippen molar-refractivity contribution < 1.29 is 14.4 Å². The molecule has 4 rings (SSSR count). The molecule has 4 aliphatic rings. The summed E-state index contributed by atoms with van der Waals surface area (Å²) in [5, 5.41) is 2.97. The molecule has 162 valence electrons. The van der Waals surface area contributed by atoms with Gasteiger partial charge in [-0.25, -0.2) is 4.79 Å². The summed E-state index contributed by atoms with van der Waals surface area (Å²) in [6, 6.07) is 0.152. The minimum Gasteiger partial charge on any atom is -0.341 e. The molecular weight excluding hydrogens is 368 g/mol. The van der Waals surface area contributed by atoms with Crippen LogP contribution in [0.2, 0.25) is 0 Å². The molecule has 1 aliphatic carbocycles. The Hall–Kier alpha value is -1.63. The number of rotatable bonds is 2. The van der Waals surface area contributed by atoms with E-state index < -0.39 is 11.6 Å². The average molecular weight is 405 g/mol. The van der Waals surface area contributed by atoms with Gasteiger partial charge in [-0.15, -0.1) is 0 Å². The van der Waals surface area contributed by atoms with Crippen molar-refractivity contribution in [3.8, 4) is 0 Å². The number of hydrogen-bond donors (Lipinski definition) is 1. The van der Waals surface area contributed by atoms with Crippen molar-refractivity contribution in [2.75, 3.05) is 33.2 Å². The van der Waals surface area contributed by atoms with Crippen LogP contribution in [0.5, 0.6) is 0 Å². The van der Waals surface area contributed by atoms with Gasteiger partial charge in [0, 0.05) is 19.1 Å². The van der Waals surface area contributed by atoms with Crippen molar-refractivity contribution in [2.45, 2.75) is 70.9 Å². The molecule has 3 aliphatic heterocycles. The van der Waals surface area contributed by atoms with Gasteiger partial charge in [0.1, 0.15) is 12.1 Å². The third kappa shape index (κ3) is 3.78. The summed E-state index contributed by atoms with van der Waals surface area (Å²) in [7, 11) is 2.17. The normalized spacial score (nSPS) is 37.6. The van der Waals surface area contributed by atoms with Gasteiger partial charge in [-0.3, -0.25) is 14.5 Å². The van der Waals surface area contributed by atoms with Gasteiger partial charge in [-0.1, -0.05) is 20.8 Å². The zero-order valence-corrected chi connectivity index (χ0v) is 18.4. The minimum atomic E-state index is -0.836. The van der Waals surface area contributed by atoms with E-state index in [0.29, 0.717) is 37.3 Å². The smallest absolute Gasteiger partial charge is 0.325 e. The number of hydrogen-bond acceptors (Lipinski definition) is 4. The summed E-state index contributed by atoms with van der Waals surface area (Å²) in [5.41, 5.74) is -0.840. The maximum Gasteiger partial charge on any atom is 0.325 e. The Balaban J connectivity index is 1.42. The molecule has 1 N–H and O–H groups in total. The number of urea groups is 1. The second-order valence-corrected chi connectivity index (χ2v) is 10.8. The van der Waals surface area contributed by atoms with E-state index in [1.807, 2.05) is 4.90 Å². The Bertz CT molecular complexity index is 708. The SMILES string of the molecule is C[C@@H]1CC(C)(C)C[C@]2(C1)NC(=O)N(CC(=O)N1CC[C@@H]3[C@@H](CCCN3C)C1)C2=O. The molecule has 4 fully saturated rings. The quantitative estimate of drug-likeness (QED) is 0.715. The molecule has 0 bridgehead atoms. The molecule has 1 saturated carbocycles. The second kappa shape index (κ2) is 7.25. The van der Waals surface area contributed by atoms with E-state index in [1.54, 1.807) is 0 Å². The average Bonchev–Trinajstić information content (AvgIpc) is 2.83. The Morgan fingerprint density at radius 1 is 1.17 bits per heavy atom. The first-order chi connectivity index (χ1) is 13.6. The fraction of sp³-hybridized carbons (Fsp3) is 0.864. The van der Waals surface area contributed by atoms with E-state index in [0.717, 1.165) is 32.4 Å². The van der Waals surface area contributed by atoms with Gasteiger partial charge in [0.05, 0.1) is 0 Å². The van der Waals surface area contributed by atoms with E-state index in [4.69, 9.17) is 0 Å². The first-order valence-corrected chi connectivity index (χ1v) is 11.2. The number of piperidine rings is 2. The van der Waals surface area contributed by atoms with Gasteiger partial charge in [0.15, 0.2) is 0 Å². The highest BCUT2D eigenvalue weighted by Crippen LogP contribution is 2.46. The predicted octanol–water partition coefficient (Wildman–Crippen LogP) is 2.07. The van der Waals surface area contributed by atoms with Crippen molar-refractivity contribution in [2.24, 2.45) is 17.3 Å². The summed E-state index contributed by atoms with van der Waals surface area (Å²) in [6.07, 6.45) is 5.64. The molecule has 0 aromatic rings. The maximum absolute atomic E-state index is 13.3. The monoisotopic (exact) mass is 404 g/mol. The van der Waals surface area contributed by atoms with Crippen molar-refractivity contribution >= 4 is 17.8 Å². The summed E-state index contributed by atoms with van der Waals surface area (Å²) < 4.78 is 0. The van der Waals surface area contributed by atoms with E-state index in [9.17, 15) is 14.4 Å². The van der Waals surface area contributed by atoms with Crippen LogP contribution in [0.1, 0.15) is 59.3 Å². The molecule has 29 heavy (non-hydrogen) atoms. The van der Waals surface area contributed by atoms with Crippen molar-refractivity contribution in [3.05, 3.63) is 0 Å². The number of carbonyl (C=O) groups is 3. The Kier molecular flexibility index (Phi) is 5.16. The van der Waals surface area contributed by atoms with Gasteiger partial charge in [-0.2, -0.15) is 0 Å². The Morgan fingerprint density at radius 3 is 2.66 bits per heavy atom. The zero-order chi connectivity index (χ0) is 21.0. The minimum absolute atomic E-state index is 0.00445. The third-order valence-electron chi connectivity index (χ3n) is 7.62. The highest BCUT2D eigenvalue weighted by molar-refractivity contribution is 6.09. The lowest BCUT2D eigenvalue weighted by Crippen LogP contribution is -2.56. The molecular formula is C22H36N4O3. The zero-order valence-electron chi connectivity index (χ0n) is 18.4. The molecule has 3 saturated heterocycles. The van der Waals surface area contributed by atoms with Crippen LogP contribution in [0.15, 0.2) is 0 Å². The number of imide groups is 1. The Labute approximate surface area is 174 Å². The lowest BCUT2D eigenvalue weighted by Gasteiger charge is -2.46. The molecule has 4 atom stereocenters. The van der Waals surface area contributed by atoms with E-state index >= 15 is 0 Å². The van der Waals surface area contributed by atoms with E-state index in [1.165, 1.54) is 11.3 Å². The van der Waals surface area contributed by atoms with Crippen molar-refractivity contribution in [3.63, 3.8) is 0 Å². The standard InChI is InChI=1S/C22H36N4O3/c1-15-10-21(2,3)14-22(11-15)19(28)26(20(29)23-22)13-18(27)25-9-7-17-16(12-25)6-5-8-24(17)4/h15-17H,5-14H2,1-4H3,(H,23,29)/t15-,16+,17-,22+/m1/s1. The molecule has 3 heterocycles. The fourth-order valence-electron chi connectivity index (χ4n) is 6.76. The Morgan fingerprint density at radius 2 is 1.93 bits per heavy atom. The highest BCUT2D eigenvalue weighted by Gasteiger charge is 2.56. The molecule has 1 spiro atoms. The van der Waals surface area contributed by atoms with Crippen molar-refractivity contribution in [1.29, 1.82) is 0 Å². The third-order valence-corrected chi connectivity index (χ3v) is 7.62.